The predicted octanol–water partition coefficient (Wildman–Crippen LogP) is 2.80. The van der Waals surface area contributed by atoms with Crippen LogP contribution in [0.5, 0.6) is 0 Å². The molecule has 0 bridgehead atoms. The van der Waals surface area contributed by atoms with Crippen molar-refractivity contribution in [3.8, 4) is 11.3 Å². The van der Waals surface area contributed by atoms with Gasteiger partial charge in [-0.1, -0.05) is 17.7 Å². The second-order valence-corrected chi connectivity index (χ2v) is 7.32. The molecule has 1 fully saturated rings. The summed E-state index contributed by atoms with van der Waals surface area (Å²) in [5.41, 5.74) is 2.37. The van der Waals surface area contributed by atoms with Crippen LogP contribution >= 0.6 is 11.6 Å². The minimum atomic E-state index is -0.0991. The Morgan fingerprint density at radius 2 is 1.73 bits per heavy atom. The van der Waals surface area contributed by atoms with Crippen LogP contribution in [0.15, 0.2) is 61.2 Å². The van der Waals surface area contributed by atoms with Crippen LogP contribution in [0, 0.1) is 0 Å². The maximum Gasteiger partial charge on any atom is 0.290 e. The van der Waals surface area contributed by atoms with Gasteiger partial charge >= 0.3 is 0 Å². The maximum atomic E-state index is 13.3. The topological polar surface area (TPSA) is 79.5 Å². The molecule has 5 rings (SSSR count). The molecule has 8 nitrogen and oxygen atoms in total. The molecule has 1 saturated heterocycles. The molecule has 0 atom stereocenters. The van der Waals surface area contributed by atoms with E-state index in [4.69, 9.17) is 16.6 Å². The number of carbonyl (C=O) groups is 1. The van der Waals surface area contributed by atoms with E-state index in [1.165, 1.54) is 0 Å². The van der Waals surface area contributed by atoms with Crippen molar-refractivity contribution in [2.24, 2.45) is 0 Å². The number of pyridine rings is 2. The third-order valence-electron chi connectivity index (χ3n) is 5.14. The highest BCUT2D eigenvalue weighted by Crippen LogP contribution is 2.26. The Labute approximate surface area is 177 Å². The fourth-order valence-corrected chi connectivity index (χ4v) is 3.73. The smallest absolute Gasteiger partial charge is 0.290 e. The summed E-state index contributed by atoms with van der Waals surface area (Å²) in [6, 6.07) is 11.1. The number of rotatable bonds is 3. The molecule has 4 aromatic rings. The number of amides is 1. The highest BCUT2D eigenvalue weighted by molar-refractivity contribution is 6.29. The first-order valence-corrected chi connectivity index (χ1v) is 9.99. The molecule has 4 aromatic heterocycles. The van der Waals surface area contributed by atoms with Crippen LogP contribution in [-0.2, 0) is 0 Å². The van der Waals surface area contributed by atoms with Crippen LogP contribution in [0.4, 0.5) is 5.95 Å². The molecule has 1 aliphatic rings. The Morgan fingerprint density at radius 3 is 2.47 bits per heavy atom. The summed E-state index contributed by atoms with van der Waals surface area (Å²) in [5.74, 6) is 0.978. The van der Waals surface area contributed by atoms with E-state index in [9.17, 15) is 4.79 Å². The van der Waals surface area contributed by atoms with Gasteiger partial charge in [-0.3, -0.25) is 9.20 Å². The fraction of sp³-hybridized carbons (Fsp3) is 0.190. The Hall–Kier alpha value is -3.52. The molecule has 0 aliphatic carbocycles. The van der Waals surface area contributed by atoms with Crippen molar-refractivity contribution >= 4 is 29.0 Å². The van der Waals surface area contributed by atoms with Crippen molar-refractivity contribution in [1.82, 2.24) is 29.2 Å². The standard InChI is InChI=1S/C21H18ClN7O/c22-17-6-5-15(14-25-17)18-16-4-1-2-9-29(16)19(26-18)20(30)27-10-12-28(13-11-27)21-23-7-3-8-24-21/h1-9,14H,10-13H2. The summed E-state index contributed by atoms with van der Waals surface area (Å²) in [6.07, 6.45) is 6.98. The summed E-state index contributed by atoms with van der Waals surface area (Å²) >= 11 is 5.92. The zero-order valence-electron chi connectivity index (χ0n) is 16.0. The van der Waals surface area contributed by atoms with Crippen LogP contribution in [0.25, 0.3) is 16.8 Å². The molecule has 0 spiro atoms. The third kappa shape index (κ3) is 3.35. The van der Waals surface area contributed by atoms with Gasteiger partial charge in [0.2, 0.25) is 11.8 Å². The van der Waals surface area contributed by atoms with Crippen molar-refractivity contribution in [2.45, 2.75) is 0 Å². The van der Waals surface area contributed by atoms with Crippen molar-refractivity contribution < 1.29 is 4.79 Å². The summed E-state index contributed by atoms with van der Waals surface area (Å²) in [7, 11) is 0. The van der Waals surface area contributed by atoms with E-state index in [1.807, 2.05) is 39.8 Å². The minimum Gasteiger partial charge on any atom is -0.337 e. The zero-order chi connectivity index (χ0) is 20.5. The van der Waals surface area contributed by atoms with Gasteiger partial charge in [0.05, 0.1) is 11.2 Å². The van der Waals surface area contributed by atoms with Crippen LogP contribution in [-0.4, -0.2) is 61.3 Å². The molecule has 30 heavy (non-hydrogen) atoms. The number of carbonyl (C=O) groups excluding carboxylic acids is 1. The average Bonchev–Trinajstić information content (AvgIpc) is 3.20. The number of halogens is 1. The number of aromatic nitrogens is 5. The first-order chi connectivity index (χ1) is 14.7. The molecule has 9 heteroatoms. The van der Waals surface area contributed by atoms with Crippen molar-refractivity contribution in [3.05, 3.63) is 72.2 Å². The number of hydrogen-bond acceptors (Lipinski definition) is 6. The van der Waals surface area contributed by atoms with Gasteiger partial charge in [-0.15, -0.1) is 0 Å². The number of piperazine rings is 1. The minimum absolute atomic E-state index is 0.0991. The quantitative estimate of drug-likeness (QED) is 0.475. The number of hydrogen-bond donors (Lipinski definition) is 0. The van der Waals surface area contributed by atoms with Gasteiger partial charge in [0.1, 0.15) is 5.15 Å². The van der Waals surface area contributed by atoms with Crippen LogP contribution < -0.4 is 4.90 Å². The van der Waals surface area contributed by atoms with E-state index in [2.05, 4.69) is 19.9 Å². The largest absolute Gasteiger partial charge is 0.337 e. The second kappa shape index (κ2) is 7.72. The number of fused-ring (bicyclic) bond motifs is 1. The van der Waals surface area contributed by atoms with Gasteiger partial charge in [-0.05, 0) is 30.3 Å². The molecule has 150 valence electrons. The molecule has 0 saturated carbocycles. The van der Waals surface area contributed by atoms with Gasteiger partial charge in [0.15, 0.2) is 0 Å². The predicted molar refractivity (Wildman–Crippen MR) is 114 cm³/mol. The Kier molecular flexibility index (Phi) is 4.76. The molecular weight excluding hydrogens is 402 g/mol. The highest BCUT2D eigenvalue weighted by Gasteiger charge is 2.27. The van der Waals surface area contributed by atoms with Crippen molar-refractivity contribution in [3.63, 3.8) is 0 Å². The van der Waals surface area contributed by atoms with E-state index in [1.54, 1.807) is 30.7 Å². The van der Waals surface area contributed by atoms with Crippen LogP contribution in [0.3, 0.4) is 0 Å². The Morgan fingerprint density at radius 1 is 0.933 bits per heavy atom. The first-order valence-electron chi connectivity index (χ1n) is 9.61. The van der Waals surface area contributed by atoms with Crippen molar-refractivity contribution in [1.29, 1.82) is 0 Å². The fourth-order valence-electron chi connectivity index (χ4n) is 3.62. The molecule has 0 aromatic carbocycles. The number of anilines is 1. The molecule has 0 unspecified atom stereocenters. The third-order valence-corrected chi connectivity index (χ3v) is 5.37. The maximum absolute atomic E-state index is 13.3. The highest BCUT2D eigenvalue weighted by atomic mass is 35.5. The van der Waals surface area contributed by atoms with E-state index in [0.29, 0.717) is 48.8 Å². The van der Waals surface area contributed by atoms with Gasteiger partial charge in [0, 0.05) is 56.5 Å². The van der Waals surface area contributed by atoms with E-state index < -0.39 is 0 Å². The summed E-state index contributed by atoms with van der Waals surface area (Å²) in [4.78, 5) is 34.6. The Balaban J connectivity index is 1.42. The lowest BCUT2D eigenvalue weighted by molar-refractivity contribution is 0.0733. The van der Waals surface area contributed by atoms with Gasteiger partial charge in [0.25, 0.3) is 5.91 Å². The molecule has 5 heterocycles. The summed E-state index contributed by atoms with van der Waals surface area (Å²) in [6.45, 7) is 2.51. The number of imidazole rings is 1. The second-order valence-electron chi connectivity index (χ2n) is 6.94. The van der Waals surface area contributed by atoms with E-state index >= 15 is 0 Å². The van der Waals surface area contributed by atoms with Crippen LogP contribution in [0.2, 0.25) is 5.15 Å². The van der Waals surface area contributed by atoms with Crippen molar-refractivity contribution in [2.75, 3.05) is 31.1 Å². The molecule has 1 amide bonds. The van der Waals surface area contributed by atoms with Crippen LogP contribution in [0.1, 0.15) is 10.6 Å². The van der Waals surface area contributed by atoms with Gasteiger partial charge in [-0.25, -0.2) is 19.9 Å². The zero-order valence-corrected chi connectivity index (χ0v) is 16.8. The molecule has 0 radical (unpaired) electrons. The lowest BCUT2D eigenvalue weighted by Gasteiger charge is -2.34. The molecule has 0 N–H and O–H groups in total. The lowest BCUT2D eigenvalue weighted by Crippen LogP contribution is -2.49. The first kappa shape index (κ1) is 18.5. The van der Waals surface area contributed by atoms with Gasteiger partial charge in [-0.2, -0.15) is 0 Å². The summed E-state index contributed by atoms with van der Waals surface area (Å²) in [5, 5.41) is 0.416. The molecular formula is C21H18ClN7O. The Bertz CT molecular complexity index is 1190. The normalized spacial score (nSPS) is 14.3. The SMILES string of the molecule is O=C(c1nc(-c2ccc(Cl)nc2)c2ccccn12)N1CCN(c2ncccn2)CC1. The lowest BCUT2D eigenvalue weighted by atomic mass is 10.2. The van der Waals surface area contributed by atoms with E-state index in [0.717, 1.165) is 11.1 Å². The average molecular weight is 420 g/mol. The molecule has 1 aliphatic heterocycles. The monoisotopic (exact) mass is 419 g/mol. The number of nitrogens with zero attached hydrogens (tertiary/aromatic N) is 7. The van der Waals surface area contributed by atoms with Gasteiger partial charge < -0.3 is 9.80 Å². The van der Waals surface area contributed by atoms with E-state index in [-0.39, 0.29) is 5.91 Å². The summed E-state index contributed by atoms with van der Waals surface area (Å²) < 4.78 is 1.83.